The second-order valence-electron chi connectivity index (χ2n) is 3.62. The molecule has 3 nitrogen and oxygen atoms in total. The van der Waals surface area contributed by atoms with Gasteiger partial charge in [0.05, 0.1) is 0 Å². The SMILES string of the molecule is O=[P+](Oc1cc(Cl)cc(Cl)c1)Oc1cc(Cl)cc(Cl)c1. The molecule has 0 aliphatic heterocycles. The van der Waals surface area contributed by atoms with Crippen molar-refractivity contribution in [3.8, 4) is 11.5 Å². The highest BCUT2D eigenvalue weighted by molar-refractivity contribution is 7.34. The maximum Gasteiger partial charge on any atom is 0.805 e. The van der Waals surface area contributed by atoms with Gasteiger partial charge in [-0.2, -0.15) is 0 Å². The van der Waals surface area contributed by atoms with Crippen LogP contribution in [0.2, 0.25) is 20.1 Å². The first-order valence-electron chi connectivity index (χ1n) is 5.18. The fourth-order valence-corrected chi connectivity index (χ4v) is 2.96. The first kappa shape index (κ1) is 15.7. The van der Waals surface area contributed by atoms with Crippen LogP contribution in [0.4, 0.5) is 0 Å². The molecule has 0 atom stereocenters. The van der Waals surface area contributed by atoms with Crippen molar-refractivity contribution < 1.29 is 13.6 Å². The molecule has 0 radical (unpaired) electrons. The van der Waals surface area contributed by atoms with E-state index in [1.807, 2.05) is 0 Å². The minimum absolute atomic E-state index is 0.233. The van der Waals surface area contributed by atoms with E-state index in [1.165, 1.54) is 36.4 Å². The summed E-state index contributed by atoms with van der Waals surface area (Å²) in [5.74, 6) is 0.466. The van der Waals surface area contributed by atoms with Crippen molar-refractivity contribution in [1.29, 1.82) is 0 Å². The van der Waals surface area contributed by atoms with Gasteiger partial charge in [0.2, 0.25) is 0 Å². The van der Waals surface area contributed by atoms with Crippen LogP contribution in [0.3, 0.4) is 0 Å². The van der Waals surface area contributed by atoms with E-state index in [2.05, 4.69) is 0 Å². The zero-order valence-corrected chi connectivity index (χ0v) is 13.6. The Balaban J connectivity index is 2.08. The molecule has 0 N–H and O–H groups in total. The molecule has 0 aliphatic rings. The van der Waals surface area contributed by atoms with Crippen LogP contribution < -0.4 is 9.05 Å². The Morgan fingerprint density at radius 1 is 0.650 bits per heavy atom. The van der Waals surface area contributed by atoms with Gasteiger partial charge in [0, 0.05) is 48.9 Å². The van der Waals surface area contributed by atoms with E-state index in [4.69, 9.17) is 55.5 Å². The third-order valence-electron chi connectivity index (χ3n) is 2.03. The van der Waals surface area contributed by atoms with Gasteiger partial charge in [0.15, 0.2) is 11.5 Å². The summed E-state index contributed by atoms with van der Waals surface area (Å²) in [6.45, 7) is 0. The summed E-state index contributed by atoms with van der Waals surface area (Å²) in [7, 11) is -2.47. The quantitative estimate of drug-likeness (QED) is 0.583. The van der Waals surface area contributed by atoms with Gasteiger partial charge in [-0.25, -0.2) is 9.05 Å². The lowest BCUT2D eigenvalue weighted by molar-refractivity contribution is 0.415. The molecule has 0 fully saturated rings. The van der Waals surface area contributed by atoms with Crippen molar-refractivity contribution in [2.45, 2.75) is 0 Å². The molecule has 0 heterocycles. The summed E-state index contributed by atoms with van der Waals surface area (Å²) in [6.07, 6.45) is 0. The smallest absolute Gasteiger partial charge is 0.222 e. The van der Waals surface area contributed by atoms with Crippen LogP contribution in [-0.2, 0) is 4.57 Å². The lowest BCUT2D eigenvalue weighted by atomic mass is 10.3. The lowest BCUT2D eigenvalue weighted by Crippen LogP contribution is -1.89. The Morgan fingerprint density at radius 3 is 1.25 bits per heavy atom. The third-order valence-corrected chi connectivity index (χ3v) is 3.62. The largest absolute Gasteiger partial charge is 0.805 e. The van der Waals surface area contributed by atoms with E-state index in [9.17, 15) is 4.57 Å². The Bertz CT molecular complexity index is 567. The number of benzene rings is 2. The second kappa shape index (κ2) is 6.84. The van der Waals surface area contributed by atoms with Crippen LogP contribution >= 0.6 is 54.7 Å². The molecule has 8 heteroatoms. The summed E-state index contributed by atoms with van der Waals surface area (Å²) in [5.41, 5.74) is 0. The monoisotopic (exact) mass is 369 g/mol. The van der Waals surface area contributed by atoms with Gasteiger partial charge in [-0.15, -0.1) is 0 Å². The average Bonchev–Trinajstić information content (AvgIpc) is 2.24. The maximum absolute atomic E-state index is 11.8. The molecule has 0 aromatic heterocycles. The van der Waals surface area contributed by atoms with Gasteiger partial charge in [-0.1, -0.05) is 46.4 Å². The highest BCUT2D eigenvalue weighted by Gasteiger charge is 2.25. The second-order valence-corrected chi connectivity index (χ2v) is 6.17. The molecule has 0 amide bonds. The summed E-state index contributed by atoms with van der Waals surface area (Å²) in [6, 6.07) is 8.93. The predicted octanol–water partition coefficient (Wildman–Crippen LogP) is 6.42. The average molecular weight is 371 g/mol. The van der Waals surface area contributed by atoms with Crippen LogP contribution in [0.15, 0.2) is 36.4 Å². The van der Waals surface area contributed by atoms with E-state index >= 15 is 0 Å². The van der Waals surface area contributed by atoms with Crippen molar-refractivity contribution in [3.05, 3.63) is 56.5 Å². The van der Waals surface area contributed by atoms with Gasteiger partial charge >= 0.3 is 8.25 Å². The number of hydrogen-bond acceptors (Lipinski definition) is 3. The Labute approximate surface area is 136 Å². The first-order valence-corrected chi connectivity index (χ1v) is 7.78. The highest BCUT2D eigenvalue weighted by atomic mass is 35.5. The molecular formula is C12H6Cl4O3P+. The van der Waals surface area contributed by atoms with Crippen LogP contribution in [0.5, 0.6) is 11.5 Å². The predicted molar refractivity (Wildman–Crippen MR) is 81.8 cm³/mol. The minimum atomic E-state index is -2.47. The molecule has 0 unspecified atom stereocenters. The number of rotatable bonds is 4. The molecular weight excluding hydrogens is 365 g/mol. The lowest BCUT2D eigenvalue weighted by Gasteiger charge is -1.98. The molecule has 0 spiro atoms. The molecule has 0 saturated heterocycles. The van der Waals surface area contributed by atoms with Crippen LogP contribution in [0, 0.1) is 0 Å². The van der Waals surface area contributed by atoms with Crippen LogP contribution in [-0.4, -0.2) is 0 Å². The summed E-state index contributed by atoms with van der Waals surface area (Å²) in [5, 5.41) is 1.45. The summed E-state index contributed by atoms with van der Waals surface area (Å²) < 4.78 is 21.9. The first-order chi connectivity index (χ1) is 9.42. The fourth-order valence-electron chi connectivity index (χ4n) is 1.35. The van der Waals surface area contributed by atoms with Crippen LogP contribution in [0.25, 0.3) is 0 Å². The molecule has 0 bridgehead atoms. The number of hydrogen-bond donors (Lipinski definition) is 0. The fraction of sp³-hybridized carbons (Fsp3) is 0. The van der Waals surface area contributed by atoms with Gasteiger partial charge in [0.1, 0.15) is 0 Å². The van der Waals surface area contributed by atoms with E-state index in [-0.39, 0.29) is 11.5 Å². The molecule has 0 aliphatic carbocycles. The van der Waals surface area contributed by atoms with Crippen molar-refractivity contribution in [3.63, 3.8) is 0 Å². The van der Waals surface area contributed by atoms with Gasteiger partial charge in [-0.05, 0) is 12.1 Å². The summed E-state index contributed by atoms with van der Waals surface area (Å²) in [4.78, 5) is 0. The Morgan fingerprint density at radius 2 is 0.950 bits per heavy atom. The number of halogens is 4. The Kier molecular flexibility index (Phi) is 5.36. The normalized spacial score (nSPS) is 10.2. The van der Waals surface area contributed by atoms with Crippen molar-refractivity contribution in [2.24, 2.45) is 0 Å². The van der Waals surface area contributed by atoms with Gasteiger partial charge < -0.3 is 0 Å². The summed E-state index contributed by atoms with van der Waals surface area (Å²) >= 11 is 23.2. The molecule has 0 saturated carbocycles. The molecule has 2 aromatic rings. The van der Waals surface area contributed by atoms with Crippen molar-refractivity contribution in [2.75, 3.05) is 0 Å². The topological polar surface area (TPSA) is 35.5 Å². The third kappa shape index (κ3) is 4.69. The zero-order valence-electron chi connectivity index (χ0n) is 9.65. The zero-order chi connectivity index (χ0) is 14.7. The molecule has 104 valence electrons. The maximum atomic E-state index is 11.8. The van der Waals surface area contributed by atoms with E-state index in [0.717, 1.165) is 0 Å². The minimum Gasteiger partial charge on any atom is -0.222 e. The van der Waals surface area contributed by atoms with E-state index in [1.54, 1.807) is 0 Å². The van der Waals surface area contributed by atoms with Gasteiger partial charge in [-0.3, -0.25) is 0 Å². The standard InChI is InChI=1S/C12H6Cl4O3P/c13-7-1-8(14)4-11(3-7)18-20(17)19-12-5-9(15)2-10(16)6-12/h1-6H/q+1. The van der Waals surface area contributed by atoms with Gasteiger partial charge in [0.25, 0.3) is 0 Å². The molecule has 20 heavy (non-hydrogen) atoms. The van der Waals surface area contributed by atoms with E-state index < -0.39 is 8.25 Å². The van der Waals surface area contributed by atoms with Crippen molar-refractivity contribution in [1.82, 2.24) is 0 Å². The van der Waals surface area contributed by atoms with E-state index in [0.29, 0.717) is 20.1 Å². The molecule has 2 aromatic carbocycles. The Hall–Kier alpha value is -0.700. The highest BCUT2D eigenvalue weighted by Crippen LogP contribution is 2.35. The van der Waals surface area contributed by atoms with Crippen LogP contribution in [0.1, 0.15) is 0 Å². The van der Waals surface area contributed by atoms with Crippen molar-refractivity contribution >= 4 is 54.7 Å². The molecule has 2 rings (SSSR count).